The van der Waals surface area contributed by atoms with Crippen LogP contribution in [0.3, 0.4) is 0 Å². The highest BCUT2D eigenvalue weighted by atomic mass is 15.3. The van der Waals surface area contributed by atoms with Gasteiger partial charge < -0.3 is 0 Å². The lowest BCUT2D eigenvalue weighted by atomic mass is 10.4. The summed E-state index contributed by atoms with van der Waals surface area (Å²) in [5.74, 6) is 0. The second-order valence-electron chi connectivity index (χ2n) is 2.23. The molecule has 0 aliphatic carbocycles. The third-order valence-corrected chi connectivity index (χ3v) is 1.32. The van der Waals surface area contributed by atoms with Crippen molar-refractivity contribution in [2.24, 2.45) is 4.99 Å². The molecule has 3 nitrogen and oxygen atoms in total. The topological polar surface area (TPSA) is 30.2 Å². The van der Waals surface area contributed by atoms with Crippen molar-refractivity contribution < 1.29 is 0 Å². The predicted molar refractivity (Wildman–Crippen MR) is 58.2 cm³/mol. The Balaban J connectivity index is 0.000000671. The van der Waals surface area contributed by atoms with E-state index >= 15 is 0 Å². The molecule has 1 aromatic rings. The van der Waals surface area contributed by atoms with Crippen molar-refractivity contribution in [2.75, 3.05) is 7.05 Å². The maximum absolute atomic E-state index is 4.16. The summed E-state index contributed by atoms with van der Waals surface area (Å²) < 4.78 is 1.70. The molecule has 0 aromatic carbocycles. The van der Waals surface area contributed by atoms with E-state index in [2.05, 4.69) is 16.7 Å². The molecule has 0 aliphatic rings. The number of hydrogen-bond donors (Lipinski definition) is 0. The summed E-state index contributed by atoms with van der Waals surface area (Å²) in [5, 5.41) is 4.16. The molecular weight excluding hydrogens is 162 g/mol. The molecule has 0 radical (unpaired) electrons. The average Bonchev–Trinajstić information content (AvgIpc) is 2.50. The second kappa shape index (κ2) is 6.17. The Morgan fingerprint density at radius 3 is 2.62 bits per heavy atom. The number of aromatic nitrogens is 2. The van der Waals surface area contributed by atoms with Crippen LogP contribution in [0, 0.1) is 6.92 Å². The van der Waals surface area contributed by atoms with Gasteiger partial charge in [0.25, 0.3) is 0 Å². The Morgan fingerprint density at radius 1 is 1.54 bits per heavy atom. The molecule has 3 heteroatoms. The maximum atomic E-state index is 4.16. The first-order valence-electron chi connectivity index (χ1n) is 4.39. The molecule has 1 heterocycles. The number of aryl methyl sites for hydroxylation is 1. The van der Waals surface area contributed by atoms with E-state index in [1.54, 1.807) is 24.1 Å². The van der Waals surface area contributed by atoms with E-state index in [1.165, 1.54) is 0 Å². The molecule has 0 spiro atoms. The smallest absolute Gasteiger partial charge is 0.0842 e. The number of rotatable bonds is 2. The van der Waals surface area contributed by atoms with Gasteiger partial charge in [-0.3, -0.25) is 4.99 Å². The van der Waals surface area contributed by atoms with Crippen molar-refractivity contribution in [3.05, 3.63) is 24.0 Å². The molecular formula is C10H17N3. The van der Waals surface area contributed by atoms with Gasteiger partial charge in [-0.25, -0.2) is 4.68 Å². The van der Waals surface area contributed by atoms with E-state index in [-0.39, 0.29) is 0 Å². The Morgan fingerprint density at radius 2 is 2.15 bits per heavy atom. The monoisotopic (exact) mass is 179 g/mol. The zero-order valence-electron chi connectivity index (χ0n) is 8.78. The zero-order valence-corrected chi connectivity index (χ0v) is 8.78. The fraction of sp³-hybridized carbons (Fsp3) is 0.400. The third-order valence-electron chi connectivity index (χ3n) is 1.32. The van der Waals surface area contributed by atoms with Crippen LogP contribution in [0.1, 0.15) is 25.2 Å². The lowest BCUT2D eigenvalue weighted by molar-refractivity contribution is 0.907. The number of aliphatic imine (C=N–C) groups is 1. The molecule has 72 valence electrons. The number of hydrogen-bond acceptors (Lipinski definition) is 2. The van der Waals surface area contributed by atoms with Crippen molar-refractivity contribution in [2.45, 2.75) is 20.8 Å². The van der Waals surface area contributed by atoms with Crippen LogP contribution in [0.15, 0.2) is 17.6 Å². The standard InChI is InChI=1S/C8H11N3.C2H6/c1-4-11-8(6-9-3)5-7(2)10-11;1-2/h4-6H,1H2,2-3H3;1-2H3. The summed E-state index contributed by atoms with van der Waals surface area (Å²) in [7, 11) is 1.73. The van der Waals surface area contributed by atoms with Crippen LogP contribution in [0.4, 0.5) is 0 Å². The van der Waals surface area contributed by atoms with Crippen molar-refractivity contribution >= 4 is 12.4 Å². The fourth-order valence-corrected chi connectivity index (χ4v) is 0.912. The Hall–Kier alpha value is -1.38. The minimum absolute atomic E-state index is 0.958. The van der Waals surface area contributed by atoms with Gasteiger partial charge in [-0.1, -0.05) is 20.4 Å². The third kappa shape index (κ3) is 3.23. The summed E-state index contributed by atoms with van der Waals surface area (Å²) in [6.07, 6.45) is 3.41. The molecule has 0 atom stereocenters. The first-order chi connectivity index (χ1) is 6.27. The summed E-state index contributed by atoms with van der Waals surface area (Å²) >= 11 is 0. The summed E-state index contributed by atoms with van der Waals surface area (Å²) in [5.41, 5.74) is 1.93. The van der Waals surface area contributed by atoms with Gasteiger partial charge in [0.05, 0.1) is 11.4 Å². The van der Waals surface area contributed by atoms with Gasteiger partial charge in [-0.15, -0.1) is 0 Å². The van der Waals surface area contributed by atoms with Crippen LogP contribution >= 0.6 is 0 Å². The van der Waals surface area contributed by atoms with Crippen molar-refractivity contribution in [1.82, 2.24) is 9.78 Å². The van der Waals surface area contributed by atoms with Gasteiger partial charge in [-0.05, 0) is 13.0 Å². The van der Waals surface area contributed by atoms with Gasteiger partial charge in [0.15, 0.2) is 0 Å². The van der Waals surface area contributed by atoms with Crippen LogP contribution in [0.5, 0.6) is 0 Å². The van der Waals surface area contributed by atoms with E-state index in [0.29, 0.717) is 0 Å². The first-order valence-corrected chi connectivity index (χ1v) is 4.39. The molecule has 1 aromatic heterocycles. The zero-order chi connectivity index (χ0) is 10.3. The summed E-state index contributed by atoms with van der Waals surface area (Å²) in [4.78, 5) is 3.89. The highest BCUT2D eigenvalue weighted by molar-refractivity contribution is 5.78. The van der Waals surface area contributed by atoms with Crippen LogP contribution in [0.25, 0.3) is 6.20 Å². The molecule has 13 heavy (non-hydrogen) atoms. The molecule has 1 rings (SSSR count). The minimum atomic E-state index is 0.958. The van der Waals surface area contributed by atoms with Crippen LogP contribution in [-0.2, 0) is 0 Å². The average molecular weight is 179 g/mol. The Kier molecular flexibility index (Phi) is 5.52. The molecule has 0 saturated carbocycles. The molecule has 0 aliphatic heterocycles. The Labute approximate surface area is 79.8 Å². The summed E-state index contributed by atoms with van der Waals surface area (Å²) in [6, 6.07) is 1.95. The number of nitrogens with zero attached hydrogens (tertiary/aromatic N) is 3. The molecule has 0 N–H and O–H groups in total. The van der Waals surface area contributed by atoms with E-state index in [9.17, 15) is 0 Å². The SMILES string of the molecule is C=Cn1nc(C)cc1C=NC.CC. The van der Waals surface area contributed by atoms with E-state index in [0.717, 1.165) is 11.4 Å². The molecule has 0 unspecified atom stereocenters. The van der Waals surface area contributed by atoms with Crippen molar-refractivity contribution in [1.29, 1.82) is 0 Å². The summed E-state index contributed by atoms with van der Waals surface area (Å²) in [6.45, 7) is 9.56. The van der Waals surface area contributed by atoms with Crippen molar-refractivity contribution in [3.63, 3.8) is 0 Å². The van der Waals surface area contributed by atoms with Crippen LogP contribution in [0.2, 0.25) is 0 Å². The van der Waals surface area contributed by atoms with Crippen LogP contribution in [-0.4, -0.2) is 23.0 Å². The highest BCUT2D eigenvalue weighted by Gasteiger charge is 1.97. The van der Waals surface area contributed by atoms with Gasteiger partial charge in [0, 0.05) is 19.5 Å². The van der Waals surface area contributed by atoms with Gasteiger partial charge in [0.1, 0.15) is 0 Å². The Bertz CT molecular complexity index is 284. The van der Waals surface area contributed by atoms with Gasteiger partial charge >= 0.3 is 0 Å². The fourth-order valence-electron chi connectivity index (χ4n) is 0.912. The quantitative estimate of drug-likeness (QED) is 0.641. The predicted octanol–water partition coefficient (Wildman–Crippen LogP) is 2.37. The van der Waals surface area contributed by atoms with E-state index in [1.807, 2.05) is 26.8 Å². The van der Waals surface area contributed by atoms with E-state index in [4.69, 9.17) is 0 Å². The second-order valence-corrected chi connectivity index (χ2v) is 2.23. The normalized spacial score (nSPS) is 9.54. The minimum Gasteiger partial charge on any atom is -0.294 e. The van der Waals surface area contributed by atoms with Crippen LogP contribution < -0.4 is 0 Å². The first kappa shape index (κ1) is 11.6. The molecule has 0 saturated heterocycles. The van der Waals surface area contributed by atoms with E-state index < -0.39 is 0 Å². The highest BCUT2D eigenvalue weighted by Crippen LogP contribution is 2.00. The molecule has 0 bridgehead atoms. The lowest BCUT2D eigenvalue weighted by Gasteiger charge is -1.91. The maximum Gasteiger partial charge on any atom is 0.0842 e. The van der Waals surface area contributed by atoms with Gasteiger partial charge in [0.2, 0.25) is 0 Å². The molecule has 0 fully saturated rings. The van der Waals surface area contributed by atoms with Gasteiger partial charge in [-0.2, -0.15) is 5.10 Å². The largest absolute Gasteiger partial charge is 0.294 e. The molecule has 0 amide bonds. The lowest BCUT2D eigenvalue weighted by Crippen LogP contribution is -1.94. The van der Waals surface area contributed by atoms with Crippen molar-refractivity contribution in [3.8, 4) is 0 Å².